The summed E-state index contributed by atoms with van der Waals surface area (Å²) in [6.07, 6.45) is 0.969. The predicted molar refractivity (Wildman–Crippen MR) is 87.4 cm³/mol. The first-order valence-corrected chi connectivity index (χ1v) is 7.33. The first-order valence-electron chi connectivity index (χ1n) is 7.33. The molecule has 0 amide bonds. The first kappa shape index (κ1) is 15.2. The van der Waals surface area contributed by atoms with E-state index in [1.54, 1.807) is 7.11 Å². The molecule has 0 heterocycles. The number of rotatable bonds is 7. The van der Waals surface area contributed by atoms with Crippen LogP contribution in [0, 0.1) is 0 Å². The Morgan fingerprint density at radius 1 is 0.952 bits per heavy atom. The molecule has 1 N–H and O–H groups in total. The van der Waals surface area contributed by atoms with E-state index in [2.05, 4.69) is 36.5 Å². The van der Waals surface area contributed by atoms with Gasteiger partial charge in [0.25, 0.3) is 0 Å². The van der Waals surface area contributed by atoms with E-state index < -0.39 is 0 Å². The van der Waals surface area contributed by atoms with E-state index in [4.69, 9.17) is 9.47 Å². The minimum absolute atomic E-state index is 0.358. The van der Waals surface area contributed by atoms with E-state index in [-0.39, 0.29) is 0 Å². The van der Waals surface area contributed by atoms with Crippen molar-refractivity contribution in [3.05, 3.63) is 54.1 Å². The molecule has 0 fully saturated rings. The van der Waals surface area contributed by atoms with Crippen molar-refractivity contribution in [2.75, 3.05) is 19.0 Å². The molecule has 2 aromatic rings. The topological polar surface area (TPSA) is 30.5 Å². The van der Waals surface area contributed by atoms with Crippen LogP contribution in [0.2, 0.25) is 0 Å². The lowest BCUT2D eigenvalue weighted by Gasteiger charge is -2.16. The highest BCUT2D eigenvalue weighted by atomic mass is 16.5. The van der Waals surface area contributed by atoms with Gasteiger partial charge in [-0.05, 0) is 62.2 Å². The number of hydrogen-bond donors (Lipinski definition) is 1. The van der Waals surface area contributed by atoms with Crippen LogP contribution in [0.3, 0.4) is 0 Å². The maximum absolute atomic E-state index is 5.44. The Morgan fingerprint density at radius 2 is 1.57 bits per heavy atom. The van der Waals surface area contributed by atoms with Gasteiger partial charge in [0.15, 0.2) is 0 Å². The van der Waals surface area contributed by atoms with Gasteiger partial charge in [-0.2, -0.15) is 0 Å². The second-order valence-electron chi connectivity index (χ2n) is 5.05. The zero-order valence-corrected chi connectivity index (χ0v) is 12.9. The normalized spacial score (nSPS) is 11.8. The van der Waals surface area contributed by atoms with E-state index in [9.17, 15) is 0 Å². The molecule has 3 heteroatoms. The molecular weight excluding hydrogens is 262 g/mol. The summed E-state index contributed by atoms with van der Waals surface area (Å²) < 4.78 is 10.6. The SMILES string of the molecule is CCOc1ccc(NC(C)Cc2ccc(OC)cc2)cc1. The minimum Gasteiger partial charge on any atom is -0.497 e. The monoisotopic (exact) mass is 285 g/mol. The van der Waals surface area contributed by atoms with Gasteiger partial charge in [-0.15, -0.1) is 0 Å². The molecule has 3 nitrogen and oxygen atoms in total. The molecule has 21 heavy (non-hydrogen) atoms. The Bertz CT molecular complexity index is 534. The molecule has 1 atom stereocenters. The number of hydrogen-bond acceptors (Lipinski definition) is 3. The highest BCUT2D eigenvalue weighted by Crippen LogP contribution is 2.18. The lowest BCUT2D eigenvalue weighted by Crippen LogP contribution is -2.17. The van der Waals surface area contributed by atoms with Gasteiger partial charge in [-0.25, -0.2) is 0 Å². The third-order valence-electron chi connectivity index (χ3n) is 3.28. The molecule has 2 aromatic carbocycles. The van der Waals surface area contributed by atoms with Crippen molar-refractivity contribution in [3.63, 3.8) is 0 Å². The second kappa shape index (κ2) is 7.58. The Hall–Kier alpha value is -2.16. The zero-order valence-electron chi connectivity index (χ0n) is 12.9. The molecule has 0 aliphatic rings. The lowest BCUT2D eigenvalue weighted by molar-refractivity contribution is 0.340. The standard InChI is InChI=1S/C18H23NO2/c1-4-21-18-11-7-16(8-12-18)19-14(2)13-15-5-9-17(20-3)10-6-15/h5-12,14,19H,4,13H2,1-3H3. The fourth-order valence-electron chi connectivity index (χ4n) is 2.26. The molecule has 112 valence electrons. The summed E-state index contributed by atoms with van der Waals surface area (Å²) in [5.41, 5.74) is 2.40. The van der Waals surface area contributed by atoms with Crippen LogP contribution in [0.4, 0.5) is 5.69 Å². The van der Waals surface area contributed by atoms with Crippen molar-refractivity contribution >= 4 is 5.69 Å². The maximum atomic E-state index is 5.44. The highest BCUT2D eigenvalue weighted by Gasteiger charge is 2.04. The van der Waals surface area contributed by atoms with Gasteiger partial charge in [0.2, 0.25) is 0 Å². The van der Waals surface area contributed by atoms with Gasteiger partial charge in [0.1, 0.15) is 11.5 Å². The van der Waals surface area contributed by atoms with Gasteiger partial charge in [0.05, 0.1) is 13.7 Å². The first-order chi connectivity index (χ1) is 10.2. The third kappa shape index (κ3) is 4.71. The second-order valence-corrected chi connectivity index (χ2v) is 5.05. The van der Waals surface area contributed by atoms with Crippen LogP contribution in [-0.4, -0.2) is 19.8 Å². The molecule has 2 rings (SSSR count). The Balaban J connectivity index is 1.89. The van der Waals surface area contributed by atoms with Crippen molar-refractivity contribution in [1.29, 1.82) is 0 Å². The maximum Gasteiger partial charge on any atom is 0.119 e. The van der Waals surface area contributed by atoms with Gasteiger partial charge in [0, 0.05) is 11.7 Å². The van der Waals surface area contributed by atoms with Crippen molar-refractivity contribution in [3.8, 4) is 11.5 Å². The molecular formula is C18H23NO2. The number of anilines is 1. The average molecular weight is 285 g/mol. The van der Waals surface area contributed by atoms with E-state index in [1.165, 1.54) is 5.56 Å². The lowest BCUT2D eigenvalue weighted by atomic mass is 10.1. The van der Waals surface area contributed by atoms with Crippen molar-refractivity contribution in [2.45, 2.75) is 26.3 Å². The summed E-state index contributed by atoms with van der Waals surface area (Å²) in [7, 11) is 1.69. The Morgan fingerprint density at radius 3 is 2.14 bits per heavy atom. The van der Waals surface area contributed by atoms with Crippen molar-refractivity contribution in [1.82, 2.24) is 0 Å². The van der Waals surface area contributed by atoms with Crippen LogP contribution in [0.15, 0.2) is 48.5 Å². The predicted octanol–water partition coefficient (Wildman–Crippen LogP) is 4.14. The average Bonchev–Trinajstić information content (AvgIpc) is 2.50. The van der Waals surface area contributed by atoms with E-state index in [0.29, 0.717) is 12.6 Å². The molecule has 0 aromatic heterocycles. The molecule has 0 aliphatic carbocycles. The van der Waals surface area contributed by atoms with Crippen LogP contribution < -0.4 is 14.8 Å². The molecule has 0 saturated carbocycles. The van der Waals surface area contributed by atoms with Crippen LogP contribution in [-0.2, 0) is 6.42 Å². The number of nitrogens with one attached hydrogen (secondary N) is 1. The summed E-state index contributed by atoms with van der Waals surface area (Å²) in [4.78, 5) is 0. The van der Waals surface area contributed by atoms with Gasteiger partial charge in [-0.3, -0.25) is 0 Å². The summed E-state index contributed by atoms with van der Waals surface area (Å²) in [5, 5.41) is 3.50. The highest BCUT2D eigenvalue weighted by molar-refractivity contribution is 5.47. The molecule has 0 spiro atoms. The summed E-state index contributed by atoms with van der Waals surface area (Å²) in [5.74, 6) is 1.80. The van der Waals surface area contributed by atoms with Gasteiger partial charge >= 0.3 is 0 Å². The quantitative estimate of drug-likeness (QED) is 0.829. The van der Waals surface area contributed by atoms with Gasteiger partial charge < -0.3 is 14.8 Å². The van der Waals surface area contributed by atoms with Crippen LogP contribution in [0.25, 0.3) is 0 Å². The van der Waals surface area contributed by atoms with Crippen molar-refractivity contribution < 1.29 is 9.47 Å². The minimum atomic E-state index is 0.358. The summed E-state index contributed by atoms with van der Waals surface area (Å²) >= 11 is 0. The number of benzene rings is 2. The fourth-order valence-corrected chi connectivity index (χ4v) is 2.26. The summed E-state index contributed by atoms with van der Waals surface area (Å²) in [6.45, 7) is 4.87. The third-order valence-corrected chi connectivity index (χ3v) is 3.28. The number of methoxy groups -OCH3 is 1. The molecule has 0 bridgehead atoms. The van der Waals surface area contributed by atoms with Crippen LogP contribution >= 0.6 is 0 Å². The molecule has 1 unspecified atom stereocenters. The smallest absolute Gasteiger partial charge is 0.119 e. The van der Waals surface area contributed by atoms with Crippen LogP contribution in [0.5, 0.6) is 11.5 Å². The van der Waals surface area contributed by atoms with E-state index in [1.807, 2.05) is 31.2 Å². The molecule has 0 aliphatic heterocycles. The molecule has 0 radical (unpaired) electrons. The van der Waals surface area contributed by atoms with E-state index in [0.717, 1.165) is 23.6 Å². The van der Waals surface area contributed by atoms with E-state index >= 15 is 0 Å². The number of ether oxygens (including phenoxy) is 2. The summed E-state index contributed by atoms with van der Waals surface area (Å²) in [6, 6.07) is 16.7. The fraction of sp³-hybridized carbons (Fsp3) is 0.333. The molecule has 0 saturated heterocycles. The zero-order chi connectivity index (χ0) is 15.1. The van der Waals surface area contributed by atoms with Crippen LogP contribution in [0.1, 0.15) is 19.4 Å². The Kier molecular flexibility index (Phi) is 5.50. The Labute approximate surface area is 126 Å². The van der Waals surface area contributed by atoms with Gasteiger partial charge in [-0.1, -0.05) is 12.1 Å². The largest absolute Gasteiger partial charge is 0.497 e. The van der Waals surface area contributed by atoms with Crippen molar-refractivity contribution in [2.24, 2.45) is 0 Å².